The topological polar surface area (TPSA) is 20.3 Å². The summed E-state index contributed by atoms with van der Waals surface area (Å²) >= 11 is 3.17. The van der Waals surface area contributed by atoms with Crippen LogP contribution >= 0.6 is 15.9 Å². The summed E-state index contributed by atoms with van der Waals surface area (Å²) in [5, 5.41) is 0. The SMILES string of the molecule is CC(=O)c1ccc(N(C)CC(F)(F)F)cc1Br. The highest BCUT2D eigenvalue weighted by molar-refractivity contribution is 9.10. The molecule has 0 atom stereocenters. The number of nitrogens with zero attached hydrogens (tertiary/aromatic N) is 1. The lowest BCUT2D eigenvalue weighted by Crippen LogP contribution is -2.30. The average molecular weight is 310 g/mol. The van der Waals surface area contributed by atoms with Gasteiger partial charge in [-0.3, -0.25) is 4.79 Å². The van der Waals surface area contributed by atoms with Gasteiger partial charge in [0.1, 0.15) is 6.54 Å². The van der Waals surface area contributed by atoms with Crippen LogP contribution in [0.25, 0.3) is 0 Å². The van der Waals surface area contributed by atoms with Crippen molar-refractivity contribution in [2.45, 2.75) is 13.1 Å². The first kappa shape index (κ1) is 14.0. The quantitative estimate of drug-likeness (QED) is 0.794. The number of carbonyl (C=O) groups excluding carboxylic acids is 1. The predicted octanol–water partition coefficient (Wildman–Crippen LogP) is 3.65. The second-order valence-electron chi connectivity index (χ2n) is 3.69. The third-order valence-corrected chi connectivity index (χ3v) is 2.85. The monoisotopic (exact) mass is 309 g/mol. The number of halogens is 4. The maximum absolute atomic E-state index is 12.2. The van der Waals surface area contributed by atoms with E-state index in [1.165, 1.54) is 32.2 Å². The molecule has 0 aliphatic heterocycles. The number of anilines is 1. The van der Waals surface area contributed by atoms with Crippen molar-refractivity contribution in [3.8, 4) is 0 Å². The average Bonchev–Trinajstić information content (AvgIpc) is 2.14. The molecule has 0 aromatic heterocycles. The van der Waals surface area contributed by atoms with Crippen LogP contribution in [0.15, 0.2) is 22.7 Å². The van der Waals surface area contributed by atoms with Crippen molar-refractivity contribution >= 4 is 27.4 Å². The van der Waals surface area contributed by atoms with E-state index in [4.69, 9.17) is 0 Å². The Morgan fingerprint density at radius 3 is 2.41 bits per heavy atom. The first-order chi connectivity index (χ1) is 7.70. The fourth-order valence-electron chi connectivity index (χ4n) is 1.39. The minimum Gasteiger partial charge on any atom is -0.366 e. The highest BCUT2D eigenvalue weighted by Gasteiger charge is 2.29. The van der Waals surface area contributed by atoms with Crippen LogP contribution in [-0.4, -0.2) is 25.6 Å². The fourth-order valence-corrected chi connectivity index (χ4v) is 2.03. The number of ketones is 1. The number of hydrogen-bond acceptors (Lipinski definition) is 2. The van der Waals surface area contributed by atoms with Crippen molar-refractivity contribution in [2.75, 3.05) is 18.5 Å². The molecule has 1 aromatic rings. The molecule has 0 radical (unpaired) electrons. The summed E-state index contributed by atoms with van der Waals surface area (Å²) in [4.78, 5) is 12.2. The molecule has 0 spiro atoms. The summed E-state index contributed by atoms with van der Waals surface area (Å²) in [6, 6.07) is 4.50. The Morgan fingerprint density at radius 2 is 2.00 bits per heavy atom. The Hall–Kier alpha value is -1.04. The van der Waals surface area contributed by atoms with Crippen LogP contribution in [0.1, 0.15) is 17.3 Å². The van der Waals surface area contributed by atoms with E-state index in [1.807, 2.05) is 0 Å². The molecule has 0 bridgehead atoms. The van der Waals surface area contributed by atoms with Crippen LogP contribution in [-0.2, 0) is 0 Å². The lowest BCUT2D eigenvalue weighted by atomic mass is 10.1. The molecule has 0 amide bonds. The number of Topliss-reactive ketones (excluding diaryl/α,β-unsaturated/α-hetero) is 1. The summed E-state index contributed by atoms with van der Waals surface area (Å²) in [6.45, 7) is 0.373. The molecule has 6 heteroatoms. The van der Waals surface area contributed by atoms with E-state index in [2.05, 4.69) is 15.9 Å². The molecule has 2 nitrogen and oxygen atoms in total. The van der Waals surface area contributed by atoms with E-state index in [0.717, 1.165) is 4.90 Å². The summed E-state index contributed by atoms with van der Waals surface area (Å²) in [7, 11) is 1.35. The van der Waals surface area contributed by atoms with E-state index in [0.29, 0.717) is 15.7 Å². The molecule has 1 aromatic carbocycles. The Morgan fingerprint density at radius 1 is 1.41 bits per heavy atom. The number of benzene rings is 1. The zero-order valence-electron chi connectivity index (χ0n) is 9.31. The summed E-state index contributed by atoms with van der Waals surface area (Å²) in [5.74, 6) is -0.137. The van der Waals surface area contributed by atoms with E-state index in [9.17, 15) is 18.0 Å². The zero-order valence-corrected chi connectivity index (χ0v) is 10.9. The lowest BCUT2D eigenvalue weighted by Gasteiger charge is -2.21. The van der Waals surface area contributed by atoms with Gasteiger partial charge in [-0.1, -0.05) is 0 Å². The van der Waals surface area contributed by atoms with Crippen molar-refractivity contribution in [2.24, 2.45) is 0 Å². The van der Waals surface area contributed by atoms with Gasteiger partial charge in [-0.2, -0.15) is 13.2 Å². The first-order valence-electron chi connectivity index (χ1n) is 4.79. The first-order valence-corrected chi connectivity index (χ1v) is 5.58. The third-order valence-electron chi connectivity index (χ3n) is 2.19. The molecule has 1 rings (SSSR count). The smallest absolute Gasteiger partial charge is 0.366 e. The third kappa shape index (κ3) is 4.03. The number of alkyl halides is 3. The summed E-state index contributed by atoms with van der Waals surface area (Å²) in [5.41, 5.74) is 0.855. The maximum Gasteiger partial charge on any atom is 0.405 e. The molecule has 0 saturated carbocycles. The van der Waals surface area contributed by atoms with Gasteiger partial charge >= 0.3 is 6.18 Å². The van der Waals surface area contributed by atoms with Crippen LogP contribution < -0.4 is 4.90 Å². The summed E-state index contributed by atoms with van der Waals surface area (Å²) in [6.07, 6.45) is -4.25. The van der Waals surface area contributed by atoms with Gasteiger partial charge in [0.2, 0.25) is 0 Å². The van der Waals surface area contributed by atoms with E-state index in [-0.39, 0.29) is 5.78 Å². The highest BCUT2D eigenvalue weighted by atomic mass is 79.9. The molecule has 0 unspecified atom stereocenters. The van der Waals surface area contributed by atoms with Crippen molar-refractivity contribution in [1.29, 1.82) is 0 Å². The molecule has 17 heavy (non-hydrogen) atoms. The Balaban J connectivity index is 2.94. The second-order valence-corrected chi connectivity index (χ2v) is 4.55. The van der Waals surface area contributed by atoms with Crippen LogP contribution in [0, 0.1) is 0 Å². The van der Waals surface area contributed by atoms with Crippen molar-refractivity contribution < 1.29 is 18.0 Å². The van der Waals surface area contributed by atoms with Gasteiger partial charge in [-0.25, -0.2) is 0 Å². The Kier molecular flexibility index (Phi) is 4.19. The van der Waals surface area contributed by atoms with Crippen molar-refractivity contribution in [3.05, 3.63) is 28.2 Å². The molecule has 0 heterocycles. The van der Waals surface area contributed by atoms with Crippen molar-refractivity contribution in [1.82, 2.24) is 0 Å². The van der Waals surface area contributed by atoms with Gasteiger partial charge < -0.3 is 4.90 Å². The van der Waals surface area contributed by atoms with Crippen LogP contribution in [0.2, 0.25) is 0 Å². The standard InChI is InChI=1S/C11H11BrF3NO/c1-7(17)9-4-3-8(5-10(9)12)16(2)6-11(13,14)15/h3-5H,6H2,1-2H3. The molecular formula is C11H11BrF3NO. The van der Waals surface area contributed by atoms with Gasteiger partial charge in [-0.05, 0) is 41.1 Å². The van der Waals surface area contributed by atoms with Gasteiger partial charge in [0.15, 0.2) is 5.78 Å². The van der Waals surface area contributed by atoms with Crippen LogP contribution in [0.4, 0.5) is 18.9 Å². The second kappa shape index (κ2) is 5.08. The van der Waals surface area contributed by atoms with E-state index >= 15 is 0 Å². The molecule has 0 aliphatic rings. The Bertz CT molecular complexity index is 431. The molecule has 0 aliphatic carbocycles. The van der Waals surface area contributed by atoms with E-state index < -0.39 is 12.7 Å². The lowest BCUT2D eigenvalue weighted by molar-refractivity contribution is -0.119. The minimum absolute atomic E-state index is 0.137. The fraction of sp³-hybridized carbons (Fsp3) is 0.364. The van der Waals surface area contributed by atoms with Gasteiger partial charge in [0.05, 0.1) is 0 Å². The van der Waals surface area contributed by atoms with Gasteiger partial charge in [0.25, 0.3) is 0 Å². The normalized spacial score (nSPS) is 11.4. The molecular weight excluding hydrogens is 299 g/mol. The van der Waals surface area contributed by atoms with Gasteiger partial charge in [0, 0.05) is 22.8 Å². The van der Waals surface area contributed by atoms with Crippen LogP contribution in [0.5, 0.6) is 0 Å². The maximum atomic E-state index is 12.2. The number of hydrogen-bond donors (Lipinski definition) is 0. The summed E-state index contributed by atoms with van der Waals surface area (Å²) < 4.78 is 37.1. The molecule has 0 fully saturated rings. The van der Waals surface area contributed by atoms with Crippen molar-refractivity contribution in [3.63, 3.8) is 0 Å². The zero-order chi connectivity index (χ0) is 13.2. The largest absolute Gasteiger partial charge is 0.405 e. The van der Waals surface area contributed by atoms with Crippen LogP contribution in [0.3, 0.4) is 0 Å². The highest BCUT2D eigenvalue weighted by Crippen LogP contribution is 2.26. The minimum atomic E-state index is -4.25. The van der Waals surface area contributed by atoms with Gasteiger partial charge in [-0.15, -0.1) is 0 Å². The molecule has 94 valence electrons. The number of rotatable bonds is 3. The number of carbonyl (C=O) groups is 1. The predicted molar refractivity (Wildman–Crippen MR) is 63.5 cm³/mol. The Labute approximate surface area is 106 Å². The van der Waals surface area contributed by atoms with E-state index in [1.54, 1.807) is 0 Å². The molecule has 0 N–H and O–H groups in total. The molecule has 0 saturated heterocycles.